The van der Waals surface area contributed by atoms with Crippen LogP contribution in [0.15, 0.2) is 24.3 Å². The van der Waals surface area contributed by atoms with Crippen molar-refractivity contribution in [2.24, 2.45) is 0 Å². The minimum absolute atomic E-state index is 0.0850. The zero-order valence-corrected chi connectivity index (χ0v) is 16.2. The molecule has 0 spiro atoms. The monoisotopic (exact) mass is 363 g/mol. The van der Waals surface area contributed by atoms with E-state index in [1.54, 1.807) is 6.92 Å². The van der Waals surface area contributed by atoms with E-state index < -0.39 is 12.0 Å². The van der Waals surface area contributed by atoms with Gasteiger partial charge < -0.3 is 14.6 Å². The molecule has 1 fully saturated rings. The van der Waals surface area contributed by atoms with E-state index in [0.717, 1.165) is 24.3 Å². The third-order valence-corrected chi connectivity index (χ3v) is 5.02. The first kappa shape index (κ1) is 20.7. The van der Waals surface area contributed by atoms with E-state index in [1.807, 2.05) is 29.2 Å². The van der Waals surface area contributed by atoms with Gasteiger partial charge in [0.2, 0.25) is 0 Å². The Morgan fingerprint density at radius 3 is 2.62 bits per heavy atom. The summed E-state index contributed by atoms with van der Waals surface area (Å²) in [6, 6.07) is 7.53. The van der Waals surface area contributed by atoms with Gasteiger partial charge in [-0.15, -0.1) is 0 Å². The van der Waals surface area contributed by atoms with E-state index in [4.69, 9.17) is 9.47 Å². The third-order valence-electron chi connectivity index (χ3n) is 5.02. The van der Waals surface area contributed by atoms with Crippen molar-refractivity contribution in [2.45, 2.75) is 64.5 Å². The third kappa shape index (κ3) is 6.61. The Hall–Kier alpha value is -1.59. The molecule has 1 aromatic carbocycles. The number of carboxylic acid groups (broad SMARTS) is 1. The number of ether oxygens (including phenoxy) is 2. The maximum Gasteiger partial charge on any atom is 0.320 e. The predicted octanol–water partition coefficient (Wildman–Crippen LogP) is 4.27. The quantitative estimate of drug-likeness (QED) is 0.595. The van der Waals surface area contributed by atoms with Gasteiger partial charge in [0.05, 0.1) is 19.3 Å². The lowest BCUT2D eigenvalue weighted by molar-refractivity contribution is -0.145. The normalized spacial score (nSPS) is 19.2. The second-order valence-electron chi connectivity index (χ2n) is 7.05. The van der Waals surface area contributed by atoms with Crippen molar-refractivity contribution in [3.05, 3.63) is 29.8 Å². The number of rotatable bonds is 11. The summed E-state index contributed by atoms with van der Waals surface area (Å²) >= 11 is 0. The molecule has 1 aliphatic heterocycles. The smallest absolute Gasteiger partial charge is 0.320 e. The SMILES string of the molecule is CCCCCCCCOc1ccc(C2CN(C(C)C(=O)O)CCO2)cc1. The van der Waals surface area contributed by atoms with Gasteiger partial charge >= 0.3 is 5.97 Å². The molecule has 2 rings (SSSR count). The van der Waals surface area contributed by atoms with Crippen LogP contribution in [0, 0.1) is 0 Å². The number of aliphatic carboxylic acids is 1. The highest BCUT2D eigenvalue weighted by Crippen LogP contribution is 2.25. The van der Waals surface area contributed by atoms with Crippen LogP contribution in [0.2, 0.25) is 0 Å². The summed E-state index contributed by atoms with van der Waals surface area (Å²) in [6.45, 7) is 6.53. The largest absolute Gasteiger partial charge is 0.494 e. The van der Waals surface area contributed by atoms with E-state index in [-0.39, 0.29) is 6.10 Å². The summed E-state index contributed by atoms with van der Waals surface area (Å²) < 4.78 is 11.7. The number of hydrogen-bond donors (Lipinski definition) is 1. The van der Waals surface area contributed by atoms with Gasteiger partial charge in [0.1, 0.15) is 11.8 Å². The Kier molecular flexibility index (Phi) is 8.92. The molecule has 5 heteroatoms. The zero-order valence-electron chi connectivity index (χ0n) is 16.2. The average Bonchev–Trinajstić information content (AvgIpc) is 2.67. The number of nitrogens with zero attached hydrogens (tertiary/aromatic N) is 1. The fraction of sp³-hybridized carbons (Fsp3) is 0.667. The molecule has 146 valence electrons. The molecule has 5 nitrogen and oxygen atoms in total. The van der Waals surface area contributed by atoms with Crippen molar-refractivity contribution in [3.63, 3.8) is 0 Å². The van der Waals surface area contributed by atoms with Gasteiger partial charge in [-0.3, -0.25) is 9.69 Å². The second-order valence-corrected chi connectivity index (χ2v) is 7.05. The first-order chi connectivity index (χ1) is 12.6. The second kappa shape index (κ2) is 11.2. The maximum absolute atomic E-state index is 11.2. The van der Waals surface area contributed by atoms with Crippen molar-refractivity contribution < 1.29 is 19.4 Å². The Bertz CT molecular complexity index is 531. The van der Waals surface area contributed by atoms with Crippen LogP contribution >= 0.6 is 0 Å². The van der Waals surface area contributed by atoms with Crippen LogP contribution in [0.3, 0.4) is 0 Å². The molecule has 1 N–H and O–H groups in total. The highest BCUT2D eigenvalue weighted by Gasteiger charge is 2.28. The molecule has 0 aromatic heterocycles. The summed E-state index contributed by atoms with van der Waals surface area (Å²) in [5.41, 5.74) is 1.07. The van der Waals surface area contributed by atoms with Crippen molar-refractivity contribution >= 4 is 5.97 Å². The van der Waals surface area contributed by atoms with Crippen LogP contribution in [0.1, 0.15) is 64.0 Å². The lowest BCUT2D eigenvalue weighted by Gasteiger charge is -2.35. The van der Waals surface area contributed by atoms with Crippen molar-refractivity contribution in [1.82, 2.24) is 4.90 Å². The molecule has 0 amide bonds. The van der Waals surface area contributed by atoms with E-state index in [1.165, 1.54) is 32.1 Å². The van der Waals surface area contributed by atoms with Crippen molar-refractivity contribution in [1.29, 1.82) is 0 Å². The summed E-state index contributed by atoms with van der Waals surface area (Å²) in [7, 11) is 0. The fourth-order valence-corrected chi connectivity index (χ4v) is 3.23. The van der Waals surface area contributed by atoms with Crippen LogP contribution in [0.5, 0.6) is 5.75 Å². The molecular formula is C21H33NO4. The van der Waals surface area contributed by atoms with Gasteiger partial charge in [-0.25, -0.2) is 0 Å². The van der Waals surface area contributed by atoms with Crippen LogP contribution < -0.4 is 4.74 Å². The Balaban J connectivity index is 1.75. The van der Waals surface area contributed by atoms with Crippen LogP contribution in [0.25, 0.3) is 0 Å². The number of benzene rings is 1. The first-order valence-corrected chi connectivity index (χ1v) is 9.93. The van der Waals surface area contributed by atoms with Gasteiger partial charge in [0.15, 0.2) is 0 Å². The molecule has 0 saturated carbocycles. The summed E-state index contributed by atoms with van der Waals surface area (Å²) in [4.78, 5) is 13.1. The van der Waals surface area contributed by atoms with Gasteiger partial charge in [-0.05, 0) is 31.0 Å². The summed E-state index contributed by atoms with van der Waals surface area (Å²) in [5, 5.41) is 9.19. The molecule has 0 aliphatic carbocycles. The Morgan fingerprint density at radius 2 is 1.92 bits per heavy atom. The van der Waals surface area contributed by atoms with E-state index in [9.17, 15) is 9.90 Å². The van der Waals surface area contributed by atoms with E-state index in [2.05, 4.69) is 6.92 Å². The molecule has 0 bridgehead atoms. The highest BCUT2D eigenvalue weighted by molar-refractivity contribution is 5.72. The number of morpholine rings is 1. The van der Waals surface area contributed by atoms with Gasteiger partial charge in [-0.2, -0.15) is 0 Å². The average molecular weight is 363 g/mol. The van der Waals surface area contributed by atoms with Gasteiger partial charge in [-0.1, -0.05) is 51.2 Å². The molecule has 2 atom stereocenters. The number of unbranched alkanes of at least 4 members (excludes halogenated alkanes) is 5. The molecule has 2 unspecified atom stereocenters. The minimum Gasteiger partial charge on any atom is -0.494 e. The topological polar surface area (TPSA) is 59.0 Å². The first-order valence-electron chi connectivity index (χ1n) is 9.93. The Morgan fingerprint density at radius 1 is 1.23 bits per heavy atom. The number of carboxylic acids is 1. The zero-order chi connectivity index (χ0) is 18.8. The van der Waals surface area contributed by atoms with Crippen molar-refractivity contribution in [3.8, 4) is 5.75 Å². The molecular weight excluding hydrogens is 330 g/mol. The lowest BCUT2D eigenvalue weighted by Crippen LogP contribution is -2.46. The van der Waals surface area contributed by atoms with Gasteiger partial charge in [0.25, 0.3) is 0 Å². The van der Waals surface area contributed by atoms with Crippen LogP contribution in [0.4, 0.5) is 0 Å². The maximum atomic E-state index is 11.2. The predicted molar refractivity (Wildman–Crippen MR) is 103 cm³/mol. The van der Waals surface area contributed by atoms with E-state index in [0.29, 0.717) is 19.7 Å². The Labute approximate surface area is 157 Å². The molecule has 26 heavy (non-hydrogen) atoms. The minimum atomic E-state index is -0.788. The number of carbonyl (C=O) groups is 1. The lowest BCUT2D eigenvalue weighted by atomic mass is 10.1. The van der Waals surface area contributed by atoms with Crippen LogP contribution in [-0.2, 0) is 9.53 Å². The standard InChI is InChI=1S/C21H33NO4/c1-3-4-5-6-7-8-14-25-19-11-9-18(10-12-19)20-16-22(13-15-26-20)17(2)21(23)24/h9-12,17,20H,3-8,13-16H2,1-2H3,(H,23,24). The molecule has 1 aliphatic rings. The van der Waals surface area contributed by atoms with Crippen LogP contribution in [-0.4, -0.2) is 48.3 Å². The summed E-state index contributed by atoms with van der Waals surface area (Å²) in [6.07, 6.45) is 7.46. The molecule has 1 heterocycles. The van der Waals surface area contributed by atoms with Gasteiger partial charge in [0, 0.05) is 13.1 Å². The van der Waals surface area contributed by atoms with Crippen molar-refractivity contribution in [2.75, 3.05) is 26.3 Å². The molecule has 1 saturated heterocycles. The highest BCUT2D eigenvalue weighted by atomic mass is 16.5. The number of hydrogen-bond acceptors (Lipinski definition) is 4. The fourth-order valence-electron chi connectivity index (χ4n) is 3.23. The molecule has 0 radical (unpaired) electrons. The summed E-state index contributed by atoms with van der Waals surface area (Å²) in [5.74, 6) is 0.0953. The molecule has 1 aromatic rings. The van der Waals surface area contributed by atoms with E-state index >= 15 is 0 Å².